The monoisotopic (exact) mass is 542 g/mol. The van der Waals surface area contributed by atoms with Crippen molar-refractivity contribution in [2.45, 2.75) is 52.6 Å². The summed E-state index contributed by atoms with van der Waals surface area (Å²) < 4.78 is 2.00. The number of carboxylic acid groups (broad SMARTS) is 1. The van der Waals surface area contributed by atoms with E-state index in [0.29, 0.717) is 43.7 Å². The van der Waals surface area contributed by atoms with Crippen molar-refractivity contribution in [3.8, 4) is 11.3 Å². The van der Waals surface area contributed by atoms with E-state index in [9.17, 15) is 19.5 Å². The van der Waals surface area contributed by atoms with Crippen molar-refractivity contribution >= 4 is 17.9 Å². The van der Waals surface area contributed by atoms with Gasteiger partial charge in [0.1, 0.15) is 0 Å². The molecule has 0 spiro atoms. The van der Waals surface area contributed by atoms with Crippen LogP contribution in [0.15, 0.2) is 42.5 Å². The first-order valence-electron chi connectivity index (χ1n) is 14.1. The summed E-state index contributed by atoms with van der Waals surface area (Å²) in [5, 5.41) is 9.60. The lowest BCUT2D eigenvalue weighted by Crippen LogP contribution is -2.37. The number of amides is 3. The number of hydrogen-bond acceptors (Lipinski definition) is 3. The predicted octanol–water partition coefficient (Wildman–Crippen LogP) is 5.11. The minimum atomic E-state index is -0.955. The van der Waals surface area contributed by atoms with Gasteiger partial charge in [-0.2, -0.15) is 0 Å². The summed E-state index contributed by atoms with van der Waals surface area (Å²) in [5.41, 5.74) is 7.95. The van der Waals surface area contributed by atoms with Gasteiger partial charge in [-0.1, -0.05) is 37.6 Å². The average molecular weight is 543 g/mol. The Morgan fingerprint density at radius 3 is 2.30 bits per heavy atom. The summed E-state index contributed by atoms with van der Waals surface area (Å²) in [6, 6.07) is 14.1. The van der Waals surface area contributed by atoms with Crippen molar-refractivity contribution in [1.29, 1.82) is 0 Å². The van der Waals surface area contributed by atoms with Gasteiger partial charge in [0, 0.05) is 69.3 Å². The molecule has 210 valence electrons. The highest BCUT2D eigenvalue weighted by Gasteiger charge is 2.29. The maximum Gasteiger partial charge on any atom is 0.407 e. The minimum Gasteiger partial charge on any atom is -0.465 e. The Labute approximate surface area is 235 Å². The SMILES string of the molecule is CCCCN(C)C(=O)c1cc(-c2cc3c(cc2C(=O)N2CCc4ccccc4C2)CN(C(=O)O)CC3)n(C)c1C. The number of rotatable bonds is 6. The molecule has 3 heterocycles. The van der Waals surface area contributed by atoms with Gasteiger partial charge in [0.2, 0.25) is 0 Å². The van der Waals surface area contributed by atoms with Crippen LogP contribution in [0.3, 0.4) is 0 Å². The van der Waals surface area contributed by atoms with Crippen LogP contribution < -0.4 is 0 Å². The van der Waals surface area contributed by atoms with Crippen LogP contribution in [0.5, 0.6) is 0 Å². The summed E-state index contributed by atoms with van der Waals surface area (Å²) >= 11 is 0. The molecule has 0 fully saturated rings. The second kappa shape index (κ2) is 11.2. The lowest BCUT2D eigenvalue weighted by Gasteiger charge is -2.31. The number of unbranched alkanes of at least 4 members (excludes halogenated alkanes) is 1. The van der Waals surface area contributed by atoms with Crippen LogP contribution in [-0.4, -0.2) is 69.0 Å². The van der Waals surface area contributed by atoms with Crippen molar-refractivity contribution in [1.82, 2.24) is 19.3 Å². The van der Waals surface area contributed by atoms with E-state index < -0.39 is 6.09 Å². The molecule has 3 aromatic rings. The topological polar surface area (TPSA) is 86.1 Å². The quantitative estimate of drug-likeness (QED) is 0.469. The van der Waals surface area contributed by atoms with Crippen molar-refractivity contribution in [2.75, 3.05) is 26.7 Å². The van der Waals surface area contributed by atoms with E-state index in [1.165, 1.54) is 10.5 Å². The molecule has 2 aliphatic rings. The molecule has 0 bridgehead atoms. The molecule has 2 aromatic carbocycles. The lowest BCUT2D eigenvalue weighted by atomic mass is 9.91. The molecule has 0 unspecified atom stereocenters. The second-order valence-corrected chi connectivity index (χ2v) is 11.0. The van der Waals surface area contributed by atoms with Crippen LogP contribution in [0.1, 0.15) is 68.4 Å². The molecule has 3 amide bonds. The first-order chi connectivity index (χ1) is 19.2. The third-order valence-electron chi connectivity index (χ3n) is 8.51. The number of carbonyl (C=O) groups is 3. The maximum absolute atomic E-state index is 14.2. The van der Waals surface area contributed by atoms with E-state index in [2.05, 4.69) is 19.1 Å². The number of nitrogens with zero attached hydrogens (tertiary/aromatic N) is 4. The first kappa shape index (κ1) is 27.5. The van der Waals surface area contributed by atoms with Crippen molar-refractivity contribution in [3.05, 3.63) is 81.5 Å². The van der Waals surface area contributed by atoms with Gasteiger partial charge in [-0.05, 0) is 66.6 Å². The van der Waals surface area contributed by atoms with Gasteiger partial charge in [0.25, 0.3) is 11.8 Å². The molecule has 2 aliphatic heterocycles. The smallest absolute Gasteiger partial charge is 0.407 e. The molecule has 1 aromatic heterocycles. The fraction of sp³-hybridized carbons (Fsp3) is 0.406. The van der Waals surface area contributed by atoms with E-state index in [1.54, 1.807) is 4.90 Å². The summed E-state index contributed by atoms with van der Waals surface area (Å²) in [4.78, 5) is 44.3. The highest BCUT2D eigenvalue weighted by Crippen LogP contribution is 2.34. The van der Waals surface area contributed by atoms with E-state index >= 15 is 0 Å². The molecule has 0 atom stereocenters. The molecule has 0 aliphatic carbocycles. The van der Waals surface area contributed by atoms with Crippen LogP contribution in [-0.2, 0) is 33.0 Å². The van der Waals surface area contributed by atoms with Crippen LogP contribution in [0.2, 0.25) is 0 Å². The Hall–Kier alpha value is -4.07. The number of benzene rings is 2. The van der Waals surface area contributed by atoms with Gasteiger partial charge in [-0.3, -0.25) is 9.59 Å². The standard InChI is InChI=1S/C32H38N4O4/c1-5-6-13-33(3)30(37)26-18-29(34(4)21(26)2)27-16-23-12-15-36(32(39)40)20-25(23)17-28(27)31(38)35-14-11-22-9-7-8-10-24(22)19-35/h7-10,16-18H,5-6,11-15,19-20H2,1-4H3,(H,39,40). The fourth-order valence-electron chi connectivity index (χ4n) is 5.88. The van der Waals surface area contributed by atoms with Gasteiger partial charge in [-0.15, -0.1) is 0 Å². The summed E-state index contributed by atoms with van der Waals surface area (Å²) in [6.45, 7) is 6.56. The second-order valence-electron chi connectivity index (χ2n) is 11.0. The van der Waals surface area contributed by atoms with Crippen molar-refractivity contribution in [2.24, 2.45) is 7.05 Å². The Bertz CT molecular complexity index is 1470. The summed E-state index contributed by atoms with van der Waals surface area (Å²) in [7, 11) is 3.77. The number of hydrogen-bond donors (Lipinski definition) is 1. The Morgan fingerprint density at radius 2 is 1.57 bits per heavy atom. The Balaban J connectivity index is 1.58. The Morgan fingerprint density at radius 1 is 0.900 bits per heavy atom. The fourth-order valence-corrected chi connectivity index (χ4v) is 5.88. The highest BCUT2D eigenvalue weighted by molar-refractivity contribution is 6.03. The molecule has 5 rings (SSSR count). The van der Waals surface area contributed by atoms with Crippen molar-refractivity contribution < 1.29 is 19.5 Å². The molecule has 0 saturated heterocycles. The highest BCUT2D eigenvalue weighted by atomic mass is 16.4. The molecule has 8 nitrogen and oxygen atoms in total. The molecular formula is C32H38N4O4. The molecule has 1 N–H and O–H groups in total. The van der Waals surface area contributed by atoms with E-state index in [0.717, 1.165) is 52.9 Å². The molecule has 8 heteroatoms. The van der Waals surface area contributed by atoms with E-state index in [4.69, 9.17) is 0 Å². The zero-order valence-electron chi connectivity index (χ0n) is 23.9. The third-order valence-corrected chi connectivity index (χ3v) is 8.51. The summed E-state index contributed by atoms with van der Waals surface area (Å²) in [5.74, 6) is -0.102. The van der Waals surface area contributed by atoms with E-state index in [-0.39, 0.29) is 18.4 Å². The van der Waals surface area contributed by atoms with Crippen molar-refractivity contribution in [3.63, 3.8) is 0 Å². The van der Waals surface area contributed by atoms with Gasteiger partial charge >= 0.3 is 6.09 Å². The average Bonchev–Trinajstić information content (AvgIpc) is 3.27. The van der Waals surface area contributed by atoms with Gasteiger partial charge in [0.05, 0.1) is 5.56 Å². The van der Waals surface area contributed by atoms with Gasteiger partial charge < -0.3 is 24.4 Å². The van der Waals surface area contributed by atoms with Crippen LogP contribution in [0, 0.1) is 6.92 Å². The predicted molar refractivity (Wildman–Crippen MR) is 154 cm³/mol. The Kier molecular flexibility index (Phi) is 7.70. The van der Waals surface area contributed by atoms with Gasteiger partial charge in [-0.25, -0.2) is 4.79 Å². The number of carbonyl (C=O) groups excluding carboxylic acids is 2. The van der Waals surface area contributed by atoms with Crippen LogP contribution >= 0.6 is 0 Å². The zero-order valence-corrected chi connectivity index (χ0v) is 23.9. The summed E-state index contributed by atoms with van der Waals surface area (Å²) in [6.07, 6.45) is 2.37. The third kappa shape index (κ3) is 5.10. The number of aromatic nitrogens is 1. The lowest BCUT2D eigenvalue weighted by molar-refractivity contribution is 0.0734. The maximum atomic E-state index is 14.2. The first-order valence-corrected chi connectivity index (χ1v) is 14.1. The molecule has 0 saturated carbocycles. The zero-order chi connectivity index (χ0) is 28.6. The van der Waals surface area contributed by atoms with Crippen LogP contribution in [0.25, 0.3) is 11.3 Å². The molecule has 0 radical (unpaired) electrons. The number of fused-ring (bicyclic) bond motifs is 2. The molecular weight excluding hydrogens is 504 g/mol. The minimum absolute atomic E-state index is 0.0247. The van der Waals surface area contributed by atoms with E-state index in [1.807, 2.05) is 60.8 Å². The van der Waals surface area contributed by atoms with Gasteiger partial charge in [0.15, 0.2) is 0 Å². The van der Waals surface area contributed by atoms with Crippen LogP contribution in [0.4, 0.5) is 4.79 Å². The molecule has 40 heavy (non-hydrogen) atoms. The normalized spacial score (nSPS) is 14.5. The largest absolute Gasteiger partial charge is 0.465 e.